The molecule has 1 aromatic heterocycles. The van der Waals surface area contributed by atoms with Gasteiger partial charge in [0.05, 0.1) is 18.8 Å². The van der Waals surface area contributed by atoms with Crippen LogP contribution in [0.1, 0.15) is 42.2 Å². The quantitative estimate of drug-likeness (QED) is 0.537. The number of ether oxygens (including phenoxy) is 1. The molecule has 1 heterocycles. The van der Waals surface area contributed by atoms with Gasteiger partial charge in [-0.15, -0.1) is 6.58 Å². The first-order chi connectivity index (χ1) is 9.54. The number of hydrogen-bond donors (Lipinski definition) is 2. The molecule has 0 spiro atoms. The van der Waals surface area contributed by atoms with Crippen LogP contribution >= 0.6 is 0 Å². The largest absolute Gasteiger partial charge is 0.478 e. The summed E-state index contributed by atoms with van der Waals surface area (Å²) in [6.45, 7) is 9.36. The van der Waals surface area contributed by atoms with Crippen LogP contribution < -0.4 is 5.32 Å². The number of carbonyl (C=O) groups is 1. The molecule has 1 aromatic rings. The summed E-state index contributed by atoms with van der Waals surface area (Å²) in [5.41, 5.74) is 1.01. The smallest absolute Gasteiger partial charge is 0.335 e. The summed E-state index contributed by atoms with van der Waals surface area (Å²) in [7, 11) is 0. The monoisotopic (exact) mass is 278 g/mol. The minimum Gasteiger partial charge on any atom is -0.478 e. The predicted molar refractivity (Wildman–Crippen MR) is 79.4 cm³/mol. The van der Waals surface area contributed by atoms with Crippen molar-refractivity contribution >= 4 is 11.8 Å². The van der Waals surface area contributed by atoms with E-state index in [0.29, 0.717) is 25.6 Å². The molecule has 0 radical (unpaired) electrons. The number of carboxylic acid groups (broad SMARTS) is 1. The van der Waals surface area contributed by atoms with Gasteiger partial charge in [0, 0.05) is 12.2 Å². The Kier molecular flexibility index (Phi) is 6.73. The Balaban J connectivity index is 2.60. The highest BCUT2D eigenvalue weighted by atomic mass is 16.5. The van der Waals surface area contributed by atoms with Gasteiger partial charge in [-0.2, -0.15) is 0 Å². The third-order valence-electron chi connectivity index (χ3n) is 2.70. The Morgan fingerprint density at radius 3 is 2.85 bits per heavy atom. The maximum atomic E-state index is 11.1. The zero-order valence-corrected chi connectivity index (χ0v) is 12.1. The van der Waals surface area contributed by atoms with E-state index in [2.05, 4.69) is 16.9 Å². The first-order valence-electron chi connectivity index (χ1n) is 6.72. The molecule has 2 N–H and O–H groups in total. The normalized spacial score (nSPS) is 10.6. The lowest BCUT2D eigenvalue weighted by molar-refractivity contribution is 0.0696. The topological polar surface area (TPSA) is 71.5 Å². The lowest BCUT2D eigenvalue weighted by Crippen LogP contribution is -2.12. The summed E-state index contributed by atoms with van der Waals surface area (Å²) < 4.78 is 5.37. The van der Waals surface area contributed by atoms with Crippen molar-refractivity contribution < 1.29 is 14.6 Å². The first kappa shape index (κ1) is 16.2. The molecule has 20 heavy (non-hydrogen) atoms. The molecule has 0 saturated heterocycles. The minimum absolute atomic E-state index is 0.179. The Morgan fingerprint density at radius 2 is 2.25 bits per heavy atom. The highest BCUT2D eigenvalue weighted by Crippen LogP contribution is 2.17. The first-order valence-corrected chi connectivity index (χ1v) is 6.72. The zero-order valence-electron chi connectivity index (χ0n) is 12.1. The summed E-state index contributed by atoms with van der Waals surface area (Å²) >= 11 is 0. The molecule has 5 heteroatoms. The molecule has 5 nitrogen and oxygen atoms in total. The number of rotatable bonds is 9. The van der Waals surface area contributed by atoms with Crippen LogP contribution in [0.5, 0.6) is 0 Å². The maximum Gasteiger partial charge on any atom is 0.335 e. The molecule has 0 atom stereocenters. The van der Waals surface area contributed by atoms with Gasteiger partial charge in [-0.05, 0) is 24.5 Å². The fraction of sp³-hybridized carbons (Fsp3) is 0.467. The summed E-state index contributed by atoms with van der Waals surface area (Å²) in [4.78, 5) is 15.5. The summed E-state index contributed by atoms with van der Waals surface area (Å²) in [5.74, 6) is -0.195. The molecule has 0 unspecified atom stereocenters. The molecular weight excluding hydrogens is 256 g/mol. The predicted octanol–water partition coefficient (Wildman–Crippen LogP) is 2.91. The molecule has 0 fully saturated rings. The van der Waals surface area contributed by atoms with E-state index >= 15 is 0 Å². The number of carboxylic acids is 1. The van der Waals surface area contributed by atoms with Crippen LogP contribution in [0, 0.1) is 0 Å². The fourth-order valence-electron chi connectivity index (χ4n) is 1.58. The van der Waals surface area contributed by atoms with Crippen molar-refractivity contribution in [3.05, 3.63) is 36.0 Å². The van der Waals surface area contributed by atoms with E-state index < -0.39 is 5.97 Å². The standard InChI is InChI=1S/C15H22N2O3/c1-4-5-7-20-8-6-16-14-10-12(15(18)19)9-13(17-14)11(2)3/h4,9-11H,1,5-8H2,2-3H3,(H,16,17)(H,18,19). The van der Waals surface area contributed by atoms with Crippen LogP contribution in [0.2, 0.25) is 0 Å². The van der Waals surface area contributed by atoms with Gasteiger partial charge in [0.2, 0.25) is 0 Å². The van der Waals surface area contributed by atoms with Gasteiger partial charge in [0.15, 0.2) is 0 Å². The number of hydrogen-bond acceptors (Lipinski definition) is 4. The molecule has 0 aliphatic rings. The molecule has 0 aliphatic carbocycles. The number of aromatic carboxylic acids is 1. The third kappa shape index (κ3) is 5.40. The lowest BCUT2D eigenvalue weighted by atomic mass is 10.1. The van der Waals surface area contributed by atoms with E-state index in [1.54, 1.807) is 12.1 Å². The van der Waals surface area contributed by atoms with E-state index in [-0.39, 0.29) is 11.5 Å². The van der Waals surface area contributed by atoms with E-state index in [1.165, 1.54) is 6.07 Å². The fourth-order valence-corrected chi connectivity index (χ4v) is 1.58. The number of nitrogens with one attached hydrogen (secondary N) is 1. The SMILES string of the molecule is C=CCCOCCNc1cc(C(=O)O)cc(C(C)C)n1. The second-order valence-electron chi connectivity index (χ2n) is 4.74. The lowest BCUT2D eigenvalue weighted by Gasteiger charge is -2.11. The van der Waals surface area contributed by atoms with Gasteiger partial charge in [-0.3, -0.25) is 0 Å². The van der Waals surface area contributed by atoms with Crippen molar-refractivity contribution in [2.45, 2.75) is 26.2 Å². The molecule has 0 amide bonds. The van der Waals surface area contributed by atoms with Gasteiger partial charge in [0.1, 0.15) is 5.82 Å². The zero-order chi connectivity index (χ0) is 15.0. The Hall–Kier alpha value is -1.88. The molecule has 0 aliphatic heterocycles. The second kappa shape index (κ2) is 8.32. The maximum absolute atomic E-state index is 11.1. The van der Waals surface area contributed by atoms with Crippen LogP contribution in [0.15, 0.2) is 24.8 Å². The van der Waals surface area contributed by atoms with E-state index in [1.807, 2.05) is 13.8 Å². The number of nitrogens with zero attached hydrogens (tertiary/aromatic N) is 1. The highest BCUT2D eigenvalue weighted by molar-refractivity contribution is 5.88. The van der Waals surface area contributed by atoms with Crippen molar-refractivity contribution in [1.29, 1.82) is 0 Å². The number of aromatic nitrogens is 1. The molecular formula is C15H22N2O3. The van der Waals surface area contributed by atoms with Crippen LogP contribution in [0.4, 0.5) is 5.82 Å². The van der Waals surface area contributed by atoms with Crippen molar-refractivity contribution in [2.24, 2.45) is 0 Å². The summed E-state index contributed by atoms with van der Waals surface area (Å²) in [5, 5.41) is 12.2. The van der Waals surface area contributed by atoms with E-state index in [4.69, 9.17) is 9.84 Å². The van der Waals surface area contributed by atoms with E-state index in [0.717, 1.165) is 12.1 Å². The highest BCUT2D eigenvalue weighted by Gasteiger charge is 2.10. The van der Waals surface area contributed by atoms with Gasteiger partial charge < -0.3 is 15.2 Å². The van der Waals surface area contributed by atoms with Crippen molar-refractivity contribution in [2.75, 3.05) is 25.1 Å². The Bertz CT molecular complexity index is 458. The Labute approximate surface area is 119 Å². The molecule has 110 valence electrons. The number of pyridine rings is 1. The van der Waals surface area contributed by atoms with Crippen LogP contribution in [-0.2, 0) is 4.74 Å². The second-order valence-corrected chi connectivity index (χ2v) is 4.74. The number of anilines is 1. The van der Waals surface area contributed by atoms with Gasteiger partial charge in [-0.25, -0.2) is 9.78 Å². The summed E-state index contributed by atoms with van der Waals surface area (Å²) in [6, 6.07) is 3.15. The summed E-state index contributed by atoms with van der Waals surface area (Å²) in [6.07, 6.45) is 2.63. The van der Waals surface area contributed by atoms with Crippen molar-refractivity contribution in [3.8, 4) is 0 Å². The van der Waals surface area contributed by atoms with Crippen molar-refractivity contribution in [3.63, 3.8) is 0 Å². The average Bonchev–Trinajstić information content (AvgIpc) is 2.42. The third-order valence-corrected chi connectivity index (χ3v) is 2.70. The average molecular weight is 278 g/mol. The van der Waals surface area contributed by atoms with Crippen LogP contribution in [0.3, 0.4) is 0 Å². The molecule has 0 aromatic carbocycles. The molecule has 1 rings (SSSR count). The van der Waals surface area contributed by atoms with Crippen molar-refractivity contribution in [1.82, 2.24) is 4.98 Å². The van der Waals surface area contributed by atoms with Crippen LogP contribution in [0.25, 0.3) is 0 Å². The van der Waals surface area contributed by atoms with Gasteiger partial charge in [-0.1, -0.05) is 19.9 Å². The van der Waals surface area contributed by atoms with E-state index in [9.17, 15) is 4.79 Å². The molecule has 0 bridgehead atoms. The minimum atomic E-state index is -0.945. The molecule has 0 saturated carbocycles. The van der Waals surface area contributed by atoms with Crippen LogP contribution in [-0.4, -0.2) is 35.8 Å². The van der Waals surface area contributed by atoms with Gasteiger partial charge >= 0.3 is 5.97 Å². The van der Waals surface area contributed by atoms with Gasteiger partial charge in [0.25, 0.3) is 0 Å². The Morgan fingerprint density at radius 1 is 1.50 bits per heavy atom.